The number of carbonyl (C=O) groups is 2. The van der Waals surface area contributed by atoms with E-state index in [1.54, 1.807) is 23.7 Å². The van der Waals surface area contributed by atoms with E-state index < -0.39 is 17.9 Å². The van der Waals surface area contributed by atoms with Crippen molar-refractivity contribution < 1.29 is 28.6 Å². The number of ether oxygens (including phenoxy) is 2. The quantitative estimate of drug-likeness (QED) is 0.247. The van der Waals surface area contributed by atoms with Crippen LogP contribution in [0, 0.1) is 5.82 Å². The number of aliphatic hydroxyl groups excluding tert-OH is 1. The second-order valence-corrected chi connectivity index (χ2v) is 10.0. The van der Waals surface area contributed by atoms with Crippen molar-refractivity contribution in [1.82, 2.24) is 14.5 Å². The molecular formula is C28H28FN3O5S. The lowest BCUT2D eigenvalue weighted by molar-refractivity contribution is 0.0342. The number of benzene rings is 2. The molecule has 1 fully saturated rings. The molecule has 4 aromatic rings. The van der Waals surface area contributed by atoms with Crippen LogP contribution in [0.25, 0.3) is 10.9 Å². The highest BCUT2D eigenvalue weighted by Crippen LogP contribution is 2.27. The zero-order chi connectivity index (χ0) is 26.6. The van der Waals surface area contributed by atoms with Gasteiger partial charge in [0.15, 0.2) is 11.7 Å². The molecule has 0 saturated carbocycles. The molecule has 1 aliphatic heterocycles. The van der Waals surface area contributed by atoms with Crippen LogP contribution >= 0.6 is 11.3 Å². The van der Waals surface area contributed by atoms with Crippen molar-refractivity contribution in [3.05, 3.63) is 87.3 Å². The largest absolute Gasteiger partial charge is 0.440 e. The molecule has 0 amide bonds. The molecule has 38 heavy (non-hydrogen) atoms. The highest BCUT2D eigenvalue weighted by Gasteiger charge is 2.22. The number of esters is 1. The summed E-state index contributed by atoms with van der Waals surface area (Å²) in [4.78, 5) is 32.6. The van der Waals surface area contributed by atoms with Crippen LogP contribution in [0.5, 0.6) is 0 Å². The first kappa shape index (κ1) is 26.2. The van der Waals surface area contributed by atoms with Crippen LogP contribution in [-0.4, -0.2) is 57.6 Å². The van der Waals surface area contributed by atoms with Crippen molar-refractivity contribution in [2.75, 3.05) is 26.3 Å². The third-order valence-electron chi connectivity index (χ3n) is 6.57. The topological polar surface area (TPSA) is 93.9 Å². The molecule has 1 atom stereocenters. The van der Waals surface area contributed by atoms with Gasteiger partial charge in [0.1, 0.15) is 5.82 Å². The minimum atomic E-state index is -0.740. The number of fused-ring (bicyclic) bond motifs is 1. The average Bonchev–Trinajstić information content (AvgIpc) is 3.57. The Balaban J connectivity index is 1.31. The molecule has 1 aliphatic rings. The monoisotopic (exact) mass is 537 g/mol. The summed E-state index contributed by atoms with van der Waals surface area (Å²) in [5.74, 6) is -1.34. The lowest BCUT2D eigenvalue weighted by Gasteiger charge is -2.26. The van der Waals surface area contributed by atoms with Gasteiger partial charge in [-0.05, 0) is 42.3 Å². The summed E-state index contributed by atoms with van der Waals surface area (Å²) >= 11 is 1.15. The van der Waals surface area contributed by atoms with Crippen molar-refractivity contribution in [1.29, 1.82) is 0 Å². The lowest BCUT2D eigenvalue weighted by Crippen LogP contribution is -2.35. The van der Waals surface area contributed by atoms with Gasteiger partial charge in [0.25, 0.3) is 0 Å². The number of carbonyl (C=O) groups excluding carboxylic acids is 2. The van der Waals surface area contributed by atoms with Crippen molar-refractivity contribution in [2.24, 2.45) is 0 Å². The number of nitrogens with zero attached hydrogens (tertiary/aromatic N) is 3. The number of rotatable bonds is 9. The molecule has 1 N–H and O–H groups in total. The number of halogens is 1. The molecule has 2 aromatic heterocycles. The van der Waals surface area contributed by atoms with E-state index in [-0.39, 0.29) is 17.5 Å². The SMILES string of the molecule is CC[C@@H](O)c1csc(C(=O)c2cn(COC(=O)c3ccc(CN4CCOCC4)cc3)c3cc(F)ccc23)n1. The summed E-state index contributed by atoms with van der Waals surface area (Å²) in [5, 5.41) is 12.4. The molecular weight excluding hydrogens is 509 g/mol. The predicted molar refractivity (Wildman–Crippen MR) is 141 cm³/mol. The molecule has 10 heteroatoms. The van der Waals surface area contributed by atoms with E-state index in [4.69, 9.17) is 9.47 Å². The minimum Gasteiger partial charge on any atom is -0.440 e. The number of hydrogen-bond acceptors (Lipinski definition) is 8. The van der Waals surface area contributed by atoms with Gasteiger partial charge in [-0.15, -0.1) is 11.3 Å². The van der Waals surface area contributed by atoms with Crippen molar-refractivity contribution in [2.45, 2.75) is 32.7 Å². The maximum atomic E-state index is 14.1. The van der Waals surface area contributed by atoms with Gasteiger partial charge in [0.2, 0.25) is 5.78 Å². The van der Waals surface area contributed by atoms with Gasteiger partial charge < -0.3 is 19.1 Å². The van der Waals surface area contributed by atoms with Crippen LogP contribution in [0.2, 0.25) is 0 Å². The molecule has 0 spiro atoms. The Morgan fingerprint density at radius 1 is 1.18 bits per heavy atom. The highest BCUT2D eigenvalue weighted by molar-refractivity contribution is 7.12. The molecule has 3 heterocycles. The molecule has 0 aliphatic carbocycles. The van der Waals surface area contributed by atoms with E-state index >= 15 is 0 Å². The predicted octanol–water partition coefficient (Wildman–Crippen LogP) is 4.56. The van der Waals surface area contributed by atoms with Gasteiger partial charge in [0, 0.05) is 36.6 Å². The third kappa shape index (κ3) is 5.68. The number of thiazole rings is 1. The number of aliphatic hydroxyl groups is 1. The molecule has 8 nitrogen and oxygen atoms in total. The Hall–Kier alpha value is -3.44. The molecule has 0 bridgehead atoms. The normalized spacial score (nSPS) is 15.0. The summed E-state index contributed by atoms with van der Waals surface area (Å²) < 4.78 is 26.5. The summed E-state index contributed by atoms with van der Waals surface area (Å²) in [7, 11) is 0. The van der Waals surface area contributed by atoms with Gasteiger partial charge in [-0.25, -0.2) is 14.2 Å². The summed E-state index contributed by atoms with van der Waals surface area (Å²) in [6, 6.07) is 11.4. The summed E-state index contributed by atoms with van der Waals surface area (Å²) in [6.45, 7) is 5.63. The van der Waals surface area contributed by atoms with Gasteiger partial charge >= 0.3 is 5.97 Å². The fraction of sp³-hybridized carbons (Fsp3) is 0.321. The van der Waals surface area contributed by atoms with E-state index in [1.807, 2.05) is 19.1 Å². The number of ketones is 1. The Kier molecular flexibility index (Phi) is 7.94. The first-order valence-corrected chi connectivity index (χ1v) is 13.3. The second kappa shape index (κ2) is 11.5. The fourth-order valence-corrected chi connectivity index (χ4v) is 5.21. The zero-order valence-corrected chi connectivity index (χ0v) is 21.7. The Bertz CT molecular complexity index is 1440. The molecule has 198 valence electrons. The van der Waals surface area contributed by atoms with E-state index in [2.05, 4.69) is 9.88 Å². The van der Waals surface area contributed by atoms with Crippen molar-refractivity contribution >= 4 is 34.0 Å². The smallest absolute Gasteiger partial charge is 0.339 e. The third-order valence-corrected chi connectivity index (χ3v) is 7.43. The first-order valence-electron chi connectivity index (χ1n) is 12.5. The highest BCUT2D eigenvalue weighted by atomic mass is 32.1. The Labute approximate surface area is 223 Å². The maximum absolute atomic E-state index is 14.1. The second-order valence-electron chi connectivity index (χ2n) is 9.15. The fourth-order valence-electron chi connectivity index (χ4n) is 4.40. The summed E-state index contributed by atoms with van der Waals surface area (Å²) in [5.41, 5.74) is 2.68. The molecule has 1 saturated heterocycles. The Morgan fingerprint density at radius 2 is 1.95 bits per heavy atom. The number of hydrogen-bond donors (Lipinski definition) is 1. The van der Waals surface area contributed by atoms with E-state index in [0.717, 1.165) is 49.7 Å². The van der Waals surface area contributed by atoms with Crippen LogP contribution in [0.1, 0.15) is 56.4 Å². The van der Waals surface area contributed by atoms with Crippen LogP contribution < -0.4 is 0 Å². The van der Waals surface area contributed by atoms with Crippen molar-refractivity contribution in [3.63, 3.8) is 0 Å². The number of aromatic nitrogens is 2. The van der Waals surface area contributed by atoms with Crippen LogP contribution in [0.15, 0.2) is 54.0 Å². The molecule has 0 radical (unpaired) electrons. The van der Waals surface area contributed by atoms with Crippen LogP contribution in [0.4, 0.5) is 4.39 Å². The summed E-state index contributed by atoms with van der Waals surface area (Å²) in [6.07, 6.45) is 1.29. The Morgan fingerprint density at radius 3 is 2.68 bits per heavy atom. The minimum absolute atomic E-state index is 0.195. The van der Waals surface area contributed by atoms with E-state index in [9.17, 15) is 19.1 Å². The molecule has 2 aromatic carbocycles. The van der Waals surface area contributed by atoms with Gasteiger partial charge in [-0.3, -0.25) is 9.69 Å². The number of morpholine rings is 1. The maximum Gasteiger partial charge on any atom is 0.339 e. The van der Waals surface area contributed by atoms with Gasteiger partial charge in [-0.1, -0.05) is 19.1 Å². The standard InChI is InChI=1S/C28H28FN3O5S/c1-2-25(33)23-16-38-27(30-23)26(34)22-15-32(24-13-20(29)7-8-21(22)24)17-37-28(35)19-5-3-18(4-6-19)14-31-9-11-36-12-10-31/h3-8,13,15-16,25,33H,2,9-12,14,17H2,1H3/t25-/m1/s1. The van der Waals surface area contributed by atoms with Gasteiger partial charge in [-0.2, -0.15) is 0 Å². The van der Waals surface area contributed by atoms with E-state index in [0.29, 0.717) is 34.1 Å². The van der Waals surface area contributed by atoms with Crippen molar-refractivity contribution in [3.8, 4) is 0 Å². The first-order chi connectivity index (χ1) is 18.4. The van der Waals surface area contributed by atoms with Crippen LogP contribution in [0.3, 0.4) is 0 Å². The molecule has 0 unspecified atom stereocenters. The zero-order valence-electron chi connectivity index (χ0n) is 20.9. The average molecular weight is 538 g/mol. The molecule has 5 rings (SSSR count). The van der Waals surface area contributed by atoms with Gasteiger partial charge in [0.05, 0.1) is 41.7 Å². The van der Waals surface area contributed by atoms with E-state index in [1.165, 1.54) is 22.8 Å². The lowest BCUT2D eigenvalue weighted by atomic mass is 10.1. The van der Waals surface area contributed by atoms with Crippen LogP contribution in [-0.2, 0) is 22.7 Å².